The van der Waals surface area contributed by atoms with Gasteiger partial charge in [-0.1, -0.05) is 29.8 Å². The molecule has 0 saturated heterocycles. The molecule has 0 unspecified atom stereocenters. The predicted octanol–water partition coefficient (Wildman–Crippen LogP) is 2.88. The Morgan fingerprint density at radius 3 is 2.52 bits per heavy atom. The average Bonchev–Trinajstić information content (AvgIpc) is 2.48. The maximum absolute atomic E-state index is 10.1. The summed E-state index contributed by atoms with van der Waals surface area (Å²) in [6.07, 6.45) is -0.603. The van der Waals surface area contributed by atoms with Crippen molar-refractivity contribution in [3.8, 4) is 11.5 Å². The molecule has 4 nitrogen and oxygen atoms in total. The van der Waals surface area contributed by atoms with Gasteiger partial charge in [0.05, 0.1) is 13.2 Å². The van der Waals surface area contributed by atoms with E-state index in [0.717, 1.165) is 11.1 Å². The molecule has 0 aliphatic rings. The first-order valence-corrected chi connectivity index (χ1v) is 6.98. The summed E-state index contributed by atoms with van der Waals surface area (Å²) in [4.78, 5) is 0. The van der Waals surface area contributed by atoms with Crippen LogP contribution in [0.15, 0.2) is 42.5 Å². The Morgan fingerprint density at radius 2 is 1.90 bits per heavy atom. The molecule has 1 atom stereocenters. The van der Waals surface area contributed by atoms with Gasteiger partial charge in [0.1, 0.15) is 0 Å². The zero-order valence-electron chi connectivity index (χ0n) is 11.7. The predicted molar refractivity (Wildman–Crippen MR) is 82.8 cm³/mol. The number of hydrogen-bond donors (Lipinski definition) is 3. The van der Waals surface area contributed by atoms with Crippen molar-refractivity contribution in [2.24, 2.45) is 0 Å². The summed E-state index contributed by atoms with van der Waals surface area (Å²) in [5.74, 6) is 0.551. The Bertz CT molecular complexity index is 587. The quantitative estimate of drug-likeness (QED) is 0.768. The summed E-state index contributed by atoms with van der Waals surface area (Å²) in [6.45, 7) is 0.955. The Labute approximate surface area is 129 Å². The largest absolute Gasteiger partial charge is 0.504 e. The highest BCUT2D eigenvalue weighted by atomic mass is 35.5. The average molecular weight is 308 g/mol. The minimum Gasteiger partial charge on any atom is -0.504 e. The third-order valence-corrected chi connectivity index (χ3v) is 3.42. The monoisotopic (exact) mass is 307 g/mol. The van der Waals surface area contributed by atoms with E-state index in [4.69, 9.17) is 16.3 Å². The minimum atomic E-state index is -0.603. The number of methoxy groups -OCH3 is 1. The van der Waals surface area contributed by atoms with Gasteiger partial charge in [-0.3, -0.25) is 0 Å². The molecule has 0 amide bonds. The van der Waals surface area contributed by atoms with Crippen LogP contribution in [0, 0.1) is 0 Å². The van der Waals surface area contributed by atoms with Crippen LogP contribution in [0.25, 0.3) is 0 Å². The van der Waals surface area contributed by atoms with Gasteiger partial charge in [0.2, 0.25) is 0 Å². The van der Waals surface area contributed by atoms with Crippen LogP contribution in [-0.4, -0.2) is 23.9 Å². The van der Waals surface area contributed by atoms with Crippen LogP contribution in [0.1, 0.15) is 17.2 Å². The molecule has 2 aromatic carbocycles. The minimum absolute atomic E-state index is 0.107. The Morgan fingerprint density at radius 1 is 1.19 bits per heavy atom. The number of phenols is 1. The number of ether oxygens (including phenoxy) is 1. The molecule has 0 aliphatic carbocycles. The first kappa shape index (κ1) is 15.6. The van der Waals surface area contributed by atoms with Gasteiger partial charge in [-0.2, -0.15) is 0 Å². The molecular weight excluding hydrogens is 290 g/mol. The van der Waals surface area contributed by atoms with Crippen LogP contribution in [0.2, 0.25) is 5.02 Å². The molecule has 0 aliphatic heterocycles. The summed E-state index contributed by atoms with van der Waals surface area (Å²) < 4.78 is 4.99. The Kier molecular flexibility index (Phi) is 5.44. The fraction of sp³-hybridized carbons (Fsp3) is 0.250. The maximum atomic E-state index is 10.1. The van der Waals surface area contributed by atoms with Gasteiger partial charge in [-0.25, -0.2) is 0 Å². The van der Waals surface area contributed by atoms with Crippen LogP contribution in [0.5, 0.6) is 11.5 Å². The number of phenolic OH excluding ortho intramolecular Hbond substituents is 1. The third kappa shape index (κ3) is 4.36. The zero-order valence-corrected chi connectivity index (χ0v) is 12.5. The molecule has 0 saturated carbocycles. The molecule has 21 heavy (non-hydrogen) atoms. The van der Waals surface area contributed by atoms with Crippen LogP contribution < -0.4 is 10.1 Å². The van der Waals surface area contributed by atoms with E-state index in [-0.39, 0.29) is 5.75 Å². The SMILES string of the molecule is COc1ccc(CNC[C@@H](O)c2ccc(Cl)cc2)cc1O. The molecular formula is C16H18ClNO3. The fourth-order valence-electron chi connectivity index (χ4n) is 2.00. The van der Waals surface area contributed by atoms with Crippen molar-refractivity contribution in [2.75, 3.05) is 13.7 Å². The van der Waals surface area contributed by atoms with Crippen molar-refractivity contribution in [1.29, 1.82) is 0 Å². The molecule has 112 valence electrons. The Hall–Kier alpha value is -1.75. The Balaban J connectivity index is 1.86. The second-order valence-electron chi connectivity index (χ2n) is 4.70. The second kappa shape index (κ2) is 7.31. The number of nitrogens with one attached hydrogen (secondary N) is 1. The van der Waals surface area contributed by atoms with Gasteiger partial charge < -0.3 is 20.3 Å². The van der Waals surface area contributed by atoms with Gasteiger partial charge in [-0.05, 0) is 35.4 Å². The lowest BCUT2D eigenvalue weighted by Crippen LogP contribution is -2.21. The molecule has 2 rings (SSSR count). The van der Waals surface area contributed by atoms with Gasteiger partial charge in [0.15, 0.2) is 11.5 Å². The highest BCUT2D eigenvalue weighted by Gasteiger charge is 2.07. The van der Waals surface area contributed by atoms with E-state index in [1.165, 1.54) is 7.11 Å². The zero-order chi connectivity index (χ0) is 15.2. The lowest BCUT2D eigenvalue weighted by atomic mass is 10.1. The highest BCUT2D eigenvalue weighted by molar-refractivity contribution is 6.30. The number of halogens is 1. The third-order valence-electron chi connectivity index (χ3n) is 3.16. The smallest absolute Gasteiger partial charge is 0.160 e. The van der Waals surface area contributed by atoms with Gasteiger partial charge >= 0.3 is 0 Å². The summed E-state index contributed by atoms with van der Waals surface area (Å²) in [5, 5.41) is 23.5. The van der Waals surface area contributed by atoms with Crippen molar-refractivity contribution in [2.45, 2.75) is 12.6 Å². The van der Waals surface area contributed by atoms with E-state index < -0.39 is 6.10 Å². The van der Waals surface area contributed by atoms with Crippen molar-refractivity contribution in [3.63, 3.8) is 0 Å². The molecule has 3 N–H and O–H groups in total. The molecule has 0 spiro atoms. The van der Waals surface area contributed by atoms with Crippen LogP contribution in [-0.2, 0) is 6.54 Å². The van der Waals surface area contributed by atoms with Gasteiger partial charge in [-0.15, -0.1) is 0 Å². The summed E-state index contributed by atoms with van der Waals surface area (Å²) >= 11 is 5.81. The molecule has 0 fully saturated rings. The van der Waals surface area contributed by atoms with E-state index >= 15 is 0 Å². The normalized spacial score (nSPS) is 12.1. The lowest BCUT2D eigenvalue weighted by Gasteiger charge is -2.13. The van der Waals surface area contributed by atoms with E-state index in [9.17, 15) is 10.2 Å². The first-order chi connectivity index (χ1) is 10.1. The number of aromatic hydroxyl groups is 1. The number of aliphatic hydroxyl groups excluding tert-OH is 1. The van der Waals surface area contributed by atoms with E-state index in [1.807, 2.05) is 6.07 Å². The standard InChI is InChI=1S/C16H18ClNO3/c1-21-16-7-2-11(8-14(16)19)9-18-10-15(20)12-3-5-13(17)6-4-12/h2-8,15,18-20H,9-10H2,1H3/t15-/m1/s1. The summed E-state index contributed by atoms with van der Waals surface area (Å²) in [7, 11) is 1.51. The summed E-state index contributed by atoms with van der Waals surface area (Å²) in [6, 6.07) is 12.3. The topological polar surface area (TPSA) is 61.7 Å². The molecule has 0 heterocycles. The van der Waals surface area contributed by atoms with Crippen molar-refractivity contribution in [1.82, 2.24) is 5.32 Å². The molecule has 0 aromatic heterocycles. The van der Waals surface area contributed by atoms with E-state index in [2.05, 4.69) is 5.32 Å². The van der Waals surface area contributed by atoms with Crippen molar-refractivity contribution < 1.29 is 14.9 Å². The number of hydrogen-bond acceptors (Lipinski definition) is 4. The number of aliphatic hydroxyl groups is 1. The lowest BCUT2D eigenvalue weighted by molar-refractivity contribution is 0.174. The molecule has 0 radical (unpaired) electrons. The van der Waals surface area contributed by atoms with E-state index in [0.29, 0.717) is 23.9 Å². The van der Waals surface area contributed by atoms with Crippen LogP contribution in [0.4, 0.5) is 0 Å². The molecule has 0 bridgehead atoms. The van der Waals surface area contributed by atoms with Gasteiger partial charge in [0, 0.05) is 18.1 Å². The van der Waals surface area contributed by atoms with Crippen molar-refractivity contribution in [3.05, 3.63) is 58.6 Å². The van der Waals surface area contributed by atoms with E-state index in [1.54, 1.807) is 36.4 Å². The molecule has 2 aromatic rings. The number of rotatable bonds is 6. The first-order valence-electron chi connectivity index (χ1n) is 6.60. The van der Waals surface area contributed by atoms with Gasteiger partial charge in [0.25, 0.3) is 0 Å². The fourth-order valence-corrected chi connectivity index (χ4v) is 2.13. The van der Waals surface area contributed by atoms with Crippen LogP contribution in [0.3, 0.4) is 0 Å². The maximum Gasteiger partial charge on any atom is 0.160 e. The second-order valence-corrected chi connectivity index (χ2v) is 5.14. The molecule has 5 heteroatoms. The van der Waals surface area contributed by atoms with Crippen LogP contribution >= 0.6 is 11.6 Å². The number of benzene rings is 2. The van der Waals surface area contributed by atoms with Crippen molar-refractivity contribution >= 4 is 11.6 Å². The summed E-state index contributed by atoms with van der Waals surface area (Å²) in [5.41, 5.74) is 1.72. The highest BCUT2D eigenvalue weighted by Crippen LogP contribution is 2.26.